The van der Waals surface area contributed by atoms with E-state index in [0.717, 1.165) is 0 Å². The molecular formula is C21H26O8. The van der Waals surface area contributed by atoms with Gasteiger partial charge in [0, 0.05) is 17.8 Å². The lowest BCUT2D eigenvalue weighted by Crippen LogP contribution is -2.67. The molecule has 0 bridgehead atoms. The molecule has 0 radical (unpaired) electrons. The number of rotatable bonds is 2. The van der Waals surface area contributed by atoms with Crippen LogP contribution in [0.1, 0.15) is 46.0 Å². The monoisotopic (exact) mass is 406 g/mol. The highest BCUT2D eigenvalue weighted by atomic mass is 16.5. The Balaban J connectivity index is 1.74. The van der Waals surface area contributed by atoms with E-state index < -0.39 is 64.0 Å². The van der Waals surface area contributed by atoms with Crippen molar-refractivity contribution in [3.63, 3.8) is 0 Å². The molecule has 0 aromatic heterocycles. The molecule has 1 unspecified atom stereocenters. The number of carbonyl (C=O) groups is 5. The normalized spacial score (nSPS) is 47.1. The lowest BCUT2D eigenvalue weighted by molar-refractivity contribution is -0.180. The molecule has 4 rings (SSSR count). The summed E-state index contributed by atoms with van der Waals surface area (Å²) in [5.41, 5.74) is -1.95. The van der Waals surface area contributed by atoms with Crippen LogP contribution in [0.15, 0.2) is 0 Å². The van der Waals surface area contributed by atoms with E-state index in [1.54, 1.807) is 0 Å². The summed E-state index contributed by atoms with van der Waals surface area (Å²) in [6, 6.07) is 0. The zero-order chi connectivity index (χ0) is 21.5. The highest BCUT2D eigenvalue weighted by Gasteiger charge is 2.69. The molecule has 29 heavy (non-hydrogen) atoms. The molecule has 8 atom stereocenters. The summed E-state index contributed by atoms with van der Waals surface area (Å²) in [4.78, 5) is 62.8. The third kappa shape index (κ3) is 2.45. The molecule has 4 aliphatic carbocycles. The number of aliphatic hydroxyl groups excluding tert-OH is 2. The van der Waals surface area contributed by atoms with Crippen LogP contribution in [0.3, 0.4) is 0 Å². The molecule has 0 heterocycles. The van der Waals surface area contributed by atoms with Gasteiger partial charge in [0.25, 0.3) is 0 Å². The molecule has 0 aliphatic heterocycles. The van der Waals surface area contributed by atoms with E-state index in [-0.39, 0.29) is 24.2 Å². The van der Waals surface area contributed by atoms with Crippen molar-refractivity contribution in [2.45, 2.75) is 58.3 Å². The van der Waals surface area contributed by atoms with E-state index in [9.17, 15) is 39.3 Å². The third-order valence-electron chi connectivity index (χ3n) is 8.70. The molecule has 4 saturated carbocycles. The van der Waals surface area contributed by atoms with Gasteiger partial charge in [-0.25, -0.2) is 0 Å². The highest BCUT2D eigenvalue weighted by molar-refractivity contribution is 6.49. The first-order valence-corrected chi connectivity index (χ1v) is 10.2. The van der Waals surface area contributed by atoms with Gasteiger partial charge in [-0.05, 0) is 48.9 Å². The standard InChI is InChI=1S/C21H26O8/c1-20-6-5-10-8(9(20)3-4-11(20)14(23)19(28)29)7-12(22)13-15(24)16(25)17(26)18(27)21(10,13)2/h8-11,13,17,19,26,28-29H,3-7H2,1-2H3/t8-,9-,10-,11+,13-,17?,20+,21-/m0/s1. The summed E-state index contributed by atoms with van der Waals surface area (Å²) in [7, 11) is 0. The second-order valence-electron chi connectivity index (χ2n) is 9.71. The number of aliphatic hydroxyl groups is 3. The largest absolute Gasteiger partial charge is 0.377 e. The van der Waals surface area contributed by atoms with Crippen molar-refractivity contribution >= 4 is 28.9 Å². The van der Waals surface area contributed by atoms with E-state index in [0.29, 0.717) is 25.7 Å². The van der Waals surface area contributed by atoms with E-state index >= 15 is 0 Å². The van der Waals surface area contributed by atoms with Crippen LogP contribution < -0.4 is 0 Å². The number of hydrogen-bond acceptors (Lipinski definition) is 8. The number of carbonyl (C=O) groups excluding carboxylic acids is 5. The minimum atomic E-state index is -2.04. The smallest absolute Gasteiger partial charge is 0.235 e. The average molecular weight is 406 g/mol. The third-order valence-corrected chi connectivity index (χ3v) is 8.70. The fourth-order valence-corrected chi connectivity index (χ4v) is 7.30. The second kappa shape index (κ2) is 6.36. The van der Waals surface area contributed by atoms with Crippen LogP contribution in [0, 0.1) is 40.4 Å². The Hall–Kier alpha value is -1.77. The molecule has 0 saturated heterocycles. The summed E-state index contributed by atoms with van der Waals surface area (Å²) in [6.45, 7) is 3.46. The van der Waals surface area contributed by atoms with Gasteiger partial charge in [-0.1, -0.05) is 13.8 Å². The van der Waals surface area contributed by atoms with E-state index in [1.807, 2.05) is 6.92 Å². The van der Waals surface area contributed by atoms with Crippen LogP contribution in [0.2, 0.25) is 0 Å². The van der Waals surface area contributed by atoms with Crippen LogP contribution >= 0.6 is 0 Å². The van der Waals surface area contributed by atoms with Gasteiger partial charge in [0.1, 0.15) is 5.78 Å². The molecule has 0 amide bonds. The van der Waals surface area contributed by atoms with E-state index in [4.69, 9.17) is 0 Å². The molecule has 0 spiro atoms. The molecule has 8 nitrogen and oxygen atoms in total. The fraction of sp³-hybridized carbons (Fsp3) is 0.762. The number of ketones is 5. The van der Waals surface area contributed by atoms with Crippen molar-refractivity contribution in [2.75, 3.05) is 0 Å². The quantitative estimate of drug-likeness (QED) is 0.319. The van der Waals surface area contributed by atoms with Crippen molar-refractivity contribution in [1.82, 2.24) is 0 Å². The Bertz CT molecular complexity index is 831. The summed E-state index contributed by atoms with van der Waals surface area (Å²) in [6.07, 6.45) is -1.93. The first-order valence-electron chi connectivity index (χ1n) is 10.2. The van der Waals surface area contributed by atoms with Crippen LogP contribution in [0.25, 0.3) is 0 Å². The molecule has 0 aromatic carbocycles. The highest BCUT2D eigenvalue weighted by Crippen LogP contribution is 2.65. The zero-order valence-electron chi connectivity index (χ0n) is 16.5. The van der Waals surface area contributed by atoms with Crippen LogP contribution in [-0.4, -0.2) is 56.6 Å². The number of fused-ring (bicyclic) bond motifs is 5. The molecule has 0 aromatic rings. The number of Topliss-reactive ketones (excluding diaryl/α,β-unsaturated/α-hetero) is 5. The van der Waals surface area contributed by atoms with Gasteiger partial charge in [0.05, 0.1) is 5.92 Å². The fourth-order valence-electron chi connectivity index (χ4n) is 7.30. The van der Waals surface area contributed by atoms with Gasteiger partial charge in [-0.15, -0.1) is 0 Å². The number of hydrogen-bond donors (Lipinski definition) is 3. The molecule has 4 aliphatic rings. The van der Waals surface area contributed by atoms with Crippen LogP contribution in [-0.2, 0) is 24.0 Å². The Labute approximate surface area is 167 Å². The molecule has 3 N–H and O–H groups in total. The van der Waals surface area contributed by atoms with E-state index in [2.05, 4.69) is 0 Å². The Morgan fingerprint density at radius 2 is 1.66 bits per heavy atom. The zero-order valence-corrected chi connectivity index (χ0v) is 16.5. The topological polar surface area (TPSA) is 146 Å². The van der Waals surface area contributed by atoms with Gasteiger partial charge < -0.3 is 15.3 Å². The molecular weight excluding hydrogens is 380 g/mol. The maximum absolute atomic E-state index is 13.0. The Kier molecular flexibility index (Phi) is 4.50. The van der Waals surface area contributed by atoms with Crippen molar-refractivity contribution < 1.29 is 39.3 Å². The SMILES string of the molecule is C[C@@]12CC[C@H]3[C@@H](CC(=O)[C@H]4C(=O)C(=O)C(O)C(=O)[C@]43C)[C@@H]1CC[C@@H]2C(=O)C(O)O. The van der Waals surface area contributed by atoms with E-state index in [1.165, 1.54) is 6.92 Å². The maximum atomic E-state index is 13.0. The molecule has 8 heteroatoms. The predicted octanol–water partition coefficient (Wildman–Crippen LogP) is -0.398. The molecule has 158 valence electrons. The van der Waals surface area contributed by atoms with Gasteiger partial charge >= 0.3 is 0 Å². The van der Waals surface area contributed by atoms with Crippen molar-refractivity contribution in [2.24, 2.45) is 40.4 Å². The lowest BCUT2D eigenvalue weighted by Gasteiger charge is -2.58. The van der Waals surface area contributed by atoms with Crippen molar-refractivity contribution in [1.29, 1.82) is 0 Å². The van der Waals surface area contributed by atoms with Crippen LogP contribution in [0.5, 0.6) is 0 Å². The molecule has 4 fully saturated rings. The van der Waals surface area contributed by atoms with Crippen LogP contribution in [0.4, 0.5) is 0 Å². The first-order chi connectivity index (χ1) is 13.5. The summed E-state index contributed by atoms with van der Waals surface area (Å²) in [5, 5.41) is 28.8. The minimum absolute atomic E-state index is 0.0518. The van der Waals surface area contributed by atoms with Gasteiger partial charge in [-0.2, -0.15) is 0 Å². The summed E-state index contributed by atoms with van der Waals surface area (Å²) < 4.78 is 0. The Morgan fingerprint density at radius 3 is 2.28 bits per heavy atom. The minimum Gasteiger partial charge on any atom is -0.377 e. The maximum Gasteiger partial charge on any atom is 0.235 e. The van der Waals surface area contributed by atoms with Crippen molar-refractivity contribution in [3.05, 3.63) is 0 Å². The average Bonchev–Trinajstić information content (AvgIpc) is 3.01. The van der Waals surface area contributed by atoms with Gasteiger partial charge in [0.15, 0.2) is 17.7 Å². The van der Waals surface area contributed by atoms with Crippen molar-refractivity contribution in [3.8, 4) is 0 Å². The Morgan fingerprint density at radius 1 is 1.00 bits per heavy atom. The predicted molar refractivity (Wildman–Crippen MR) is 96.0 cm³/mol. The first kappa shape index (κ1) is 20.5. The second-order valence-corrected chi connectivity index (χ2v) is 9.71. The summed E-state index contributed by atoms with van der Waals surface area (Å²) in [5.74, 6) is -6.57. The van der Waals surface area contributed by atoms with Gasteiger partial charge in [-0.3, -0.25) is 24.0 Å². The summed E-state index contributed by atoms with van der Waals surface area (Å²) >= 11 is 0. The van der Waals surface area contributed by atoms with Gasteiger partial charge in [0.2, 0.25) is 17.9 Å². The lowest BCUT2D eigenvalue weighted by atomic mass is 9.43.